The van der Waals surface area contributed by atoms with Crippen LogP contribution in [-0.2, 0) is 23.8 Å². The van der Waals surface area contributed by atoms with E-state index in [0.717, 1.165) is 7.11 Å². The first-order valence-electron chi connectivity index (χ1n) is 5.77. The molecule has 0 saturated heterocycles. The van der Waals surface area contributed by atoms with Crippen molar-refractivity contribution in [2.75, 3.05) is 14.2 Å². The normalized spacial score (nSPS) is 14.0. The lowest BCUT2D eigenvalue weighted by Crippen LogP contribution is -2.49. The molecule has 1 amide bonds. The zero-order valence-corrected chi connectivity index (χ0v) is 12.1. The van der Waals surface area contributed by atoms with Gasteiger partial charge < -0.3 is 19.5 Å². The van der Waals surface area contributed by atoms with E-state index in [2.05, 4.69) is 14.8 Å². The minimum atomic E-state index is -1.16. The summed E-state index contributed by atoms with van der Waals surface area (Å²) in [6.45, 7) is 6.50. The number of ether oxygens (including phenoxy) is 3. The molecule has 7 heteroatoms. The summed E-state index contributed by atoms with van der Waals surface area (Å²) in [6.07, 6.45) is -0.807. The average Bonchev–Trinajstić information content (AvgIpc) is 2.30. The molecule has 0 saturated carbocycles. The van der Waals surface area contributed by atoms with Gasteiger partial charge in [-0.15, -0.1) is 0 Å². The third-order valence-electron chi connectivity index (χ3n) is 2.20. The summed E-state index contributed by atoms with van der Waals surface area (Å²) in [4.78, 5) is 34.6. The van der Waals surface area contributed by atoms with Gasteiger partial charge >= 0.3 is 18.0 Å². The predicted octanol–water partition coefficient (Wildman–Crippen LogP) is 0.862. The van der Waals surface area contributed by atoms with E-state index in [-0.39, 0.29) is 0 Å². The van der Waals surface area contributed by atoms with Gasteiger partial charge in [0.25, 0.3) is 0 Å². The molecule has 0 aliphatic carbocycles. The monoisotopic (exact) mass is 275 g/mol. The van der Waals surface area contributed by atoms with E-state index < -0.39 is 35.6 Å². The fourth-order valence-corrected chi connectivity index (χ4v) is 1.27. The van der Waals surface area contributed by atoms with Crippen LogP contribution < -0.4 is 5.32 Å². The number of esters is 2. The Hall–Kier alpha value is -1.79. The molecule has 0 aliphatic rings. The Bertz CT molecular complexity index is 347. The molecule has 110 valence electrons. The zero-order valence-electron chi connectivity index (χ0n) is 12.1. The molecule has 0 radical (unpaired) electrons. The second kappa shape index (κ2) is 6.96. The minimum absolute atomic E-state index is 0.633. The van der Waals surface area contributed by atoms with Gasteiger partial charge in [0, 0.05) is 0 Å². The highest BCUT2D eigenvalue weighted by Crippen LogP contribution is 2.11. The second-order valence-corrected chi connectivity index (χ2v) is 4.96. The van der Waals surface area contributed by atoms with Crippen LogP contribution >= 0.6 is 0 Å². The van der Waals surface area contributed by atoms with Crippen molar-refractivity contribution in [3.63, 3.8) is 0 Å². The lowest BCUT2D eigenvalue weighted by Gasteiger charge is -2.24. The lowest BCUT2D eigenvalue weighted by molar-refractivity contribution is -0.153. The number of alkyl carbamates (subject to hydrolysis) is 1. The smallest absolute Gasteiger partial charge is 0.408 e. The number of carbonyl (C=O) groups excluding carboxylic acids is 3. The van der Waals surface area contributed by atoms with Crippen LogP contribution in [0.1, 0.15) is 27.7 Å². The number of rotatable bonds is 4. The molecule has 0 bridgehead atoms. The molecular formula is C12H21NO6. The van der Waals surface area contributed by atoms with Crippen LogP contribution in [0.4, 0.5) is 4.79 Å². The molecule has 0 spiro atoms. The standard InChI is InChI=1S/C12H21NO6/c1-7(9(14)17-5)8(10(15)18-6)13-11(16)19-12(2,3)4/h7-8H,1-6H3,(H,13,16)/t7-,8+/m1/s1. The molecule has 0 fully saturated rings. The van der Waals surface area contributed by atoms with Crippen molar-refractivity contribution < 1.29 is 28.6 Å². The van der Waals surface area contributed by atoms with Gasteiger partial charge in [-0.2, -0.15) is 0 Å². The zero-order chi connectivity index (χ0) is 15.2. The summed E-state index contributed by atoms with van der Waals surface area (Å²) in [5.74, 6) is -2.26. The van der Waals surface area contributed by atoms with Crippen LogP contribution in [0, 0.1) is 5.92 Å². The van der Waals surface area contributed by atoms with Crippen LogP contribution in [0.25, 0.3) is 0 Å². The Labute approximate surface area is 112 Å². The number of methoxy groups -OCH3 is 2. The van der Waals surface area contributed by atoms with Gasteiger partial charge in [-0.3, -0.25) is 4.79 Å². The Morgan fingerprint density at radius 3 is 1.84 bits per heavy atom. The van der Waals surface area contributed by atoms with Gasteiger partial charge in [-0.05, 0) is 27.7 Å². The van der Waals surface area contributed by atoms with Gasteiger partial charge in [0.05, 0.1) is 20.1 Å². The molecule has 2 atom stereocenters. The molecule has 0 heterocycles. The fourth-order valence-electron chi connectivity index (χ4n) is 1.27. The maximum Gasteiger partial charge on any atom is 0.408 e. The van der Waals surface area contributed by atoms with Crippen LogP contribution in [-0.4, -0.2) is 43.9 Å². The lowest BCUT2D eigenvalue weighted by atomic mass is 10.0. The van der Waals surface area contributed by atoms with E-state index in [1.54, 1.807) is 20.8 Å². The van der Waals surface area contributed by atoms with E-state index >= 15 is 0 Å². The highest BCUT2D eigenvalue weighted by molar-refractivity contribution is 5.87. The highest BCUT2D eigenvalue weighted by atomic mass is 16.6. The van der Waals surface area contributed by atoms with Gasteiger partial charge in [-0.1, -0.05) is 0 Å². The van der Waals surface area contributed by atoms with E-state index in [4.69, 9.17) is 4.74 Å². The first-order valence-corrected chi connectivity index (χ1v) is 5.77. The number of hydrogen-bond acceptors (Lipinski definition) is 6. The summed E-state index contributed by atoms with van der Waals surface area (Å²) in [7, 11) is 2.36. The van der Waals surface area contributed by atoms with E-state index in [9.17, 15) is 14.4 Å². The molecule has 0 aliphatic heterocycles. The number of carbonyl (C=O) groups is 3. The molecule has 19 heavy (non-hydrogen) atoms. The first kappa shape index (κ1) is 17.2. The van der Waals surface area contributed by atoms with Crippen molar-refractivity contribution in [3.8, 4) is 0 Å². The summed E-state index contributed by atoms with van der Waals surface area (Å²) < 4.78 is 14.1. The third-order valence-corrected chi connectivity index (χ3v) is 2.20. The summed E-state index contributed by atoms with van der Waals surface area (Å²) in [5.41, 5.74) is -0.709. The van der Waals surface area contributed by atoms with Crippen molar-refractivity contribution in [1.82, 2.24) is 5.32 Å². The Morgan fingerprint density at radius 2 is 1.47 bits per heavy atom. The van der Waals surface area contributed by atoms with Gasteiger partial charge in [0.2, 0.25) is 0 Å². The number of nitrogens with one attached hydrogen (secondary N) is 1. The predicted molar refractivity (Wildman–Crippen MR) is 66.4 cm³/mol. The van der Waals surface area contributed by atoms with Gasteiger partial charge in [-0.25, -0.2) is 9.59 Å². The van der Waals surface area contributed by atoms with E-state index in [0.29, 0.717) is 0 Å². The molecule has 0 aromatic rings. The van der Waals surface area contributed by atoms with Crippen molar-refractivity contribution in [3.05, 3.63) is 0 Å². The van der Waals surface area contributed by atoms with Crippen molar-refractivity contribution in [2.24, 2.45) is 5.92 Å². The van der Waals surface area contributed by atoms with Gasteiger partial charge in [0.1, 0.15) is 11.6 Å². The van der Waals surface area contributed by atoms with Crippen LogP contribution in [0.2, 0.25) is 0 Å². The van der Waals surface area contributed by atoms with Crippen molar-refractivity contribution >= 4 is 18.0 Å². The fraction of sp³-hybridized carbons (Fsp3) is 0.750. The Morgan fingerprint density at radius 1 is 1.00 bits per heavy atom. The molecule has 0 aromatic heterocycles. The van der Waals surface area contributed by atoms with Gasteiger partial charge in [0.15, 0.2) is 0 Å². The number of hydrogen-bond donors (Lipinski definition) is 1. The molecular weight excluding hydrogens is 254 g/mol. The van der Waals surface area contributed by atoms with E-state index in [1.807, 2.05) is 0 Å². The molecule has 0 unspecified atom stereocenters. The van der Waals surface area contributed by atoms with Crippen molar-refractivity contribution in [1.29, 1.82) is 0 Å². The first-order chi connectivity index (χ1) is 8.62. The van der Waals surface area contributed by atoms with Crippen molar-refractivity contribution in [2.45, 2.75) is 39.3 Å². The summed E-state index contributed by atoms with van der Waals surface area (Å²) in [5, 5.41) is 2.30. The Kier molecular flexibility index (Phi) is 6.31. The van der Waals surface area contributed by atoms with E-state index in [1.165, 1.54) is 14.0 Å². The summed E-state index contributed by atoms with van der Waals surface area (Å²) >= 11 is 0. The maximum absolute atomic E-state index is 11.6. The average molecular weight is 275 g/mol. The molecule has 1 N–H and O–H groups in total. The van der Waals surface area contributed by atoms with Crippen LogP contribution in [0.5, 0.6) is 0 Å². The van der Waals surface area contributed by atoms with Crippen LogP contribution in [0.3, 0.4) is 0 Å². The highest BCUT2D eigenvalue weighted by Gasteiger charge is 2.34. The molecule has 0 rings (SSSR count). The maximum atomic E-state index is 11.6. The Balaban J connectivity index is 4.84. The van der Waals surface area contributed by atoms with Crippen LogP contribution in [0.15, 0.2) is 0 Å². The minimum Gasteiger partial charge on any atom is -0.469 e. The topological polar surface area (TPSA) is 90.9 Å². The number of amides is 1. The third kappa shape index (κ3) is 6.08. The molecule has 7 nitrogen and oxygen atoms in total. The quantitative estimate of drug-likeness (QED) is 0.604. The SMILES string of the molecule is COC(=O)[C@@H](NC(=O)OC(C)(C)C)[C@@H](C)C(=O)OC. The molecule has 0 aromatic carbocycles. The second-order valence-electron chi connectivity index (χ2n) is 4.96. The largest absolute Gasteiger partial charge is 0.469 e. The summed E-state index contributed by atoms with van der Waals surface area (Å²) in [6, 6.07) is -1.16.